The molecule has 3 atom stereocenters. The van der Waals surface area contributed by atoms with Gasteiger partial charge in [0.05, 0.1) is 6.10 Å². The Kier molecular flexibility index (Phi) is 4.50. The first-order valence-electron chi connectivity index (χ1n) is 6.56. The molecule has 106 valence electrons. The van der Waals surface area contributed by atoms with Crippen molar-refractivity contribution in [2.75, 3.05) is 13.6 Å². The van der Waals surface area contributed by atoms with E-state index >= 15 is 0 Å². The molecule has 0 bridgehead atoms. The fourth-order valence-corrected chi connectivity index (χ4v) is 2.77. The zero-order chi connectivity index (χ0) is 14.0. The van der Waals surface area contributed by atoms with E-state index in [1.807, 2.05) is 7.05 Å². The normalized spacial score (nSPS) is 23.5. The topological polar surface area (TPSA) is 49.5 Å². The Bertz CT molecular complexity index is 421. The van der Waals surface area contributed by atoms with Crippen LogP contribution in [0, 0.1) is 11.6 Å². The van der Waals surface area contributed by atoms with Crippen molar-refractivity contribution in [2.45, 2.75) is 37.5 Å². The molecule has 1 aromatic carbocycles. The van der Waals surface area contributed by atoms with Crippen LogP contribution in [0.5, 0.6) is 0 Å². The summed E-state index contributed by atoms with van der Waals surface area (Å²) in [5.74, 6) is -1.23. The van der Waals surface area contributed by atoms with Crippen molar-refractivity contribution >= 4 is 0 Å². The third-order valence-corrected chi connectivity index (χ3v) is 3.80. The Morgan fingerprint density at radius 2 is 2.00 bits per heavy atom. The summed E-state index contributed by atoms with van der Waals surface area (Å²) in [7, 11) is 1.95. The lowest BCUT2D eigenvalue weighted by molar-refractivity contribution is 0.0641. The Labute approximate surface area is 112 Å². The summed E-state index contributed by atoms with van der Waals surface area (Å²) in [5.41, 5.74) is 6.45. The predicted molar refractivity (Wildman–Crippen MR) is 69.7 cm³/mol. The van der Waals surface area contributed by atoms with Crippen LogP contribution in [0.3, 0.4) is 0 Å². The molecule has 3 N–H and O–H groups in total. The third-order valence-electron chi connectivity index (χ3n) is 3.80. The average Bonchev–Trinajstić information content (AvgIpc) is 2.73. The van der Waals surface area contributed by atoms with E-state index in [4.69, 9.17) is 5.73 Å². The van der Waals surface area contributed by atoms with E-state index in [0.717, 1.165) is 25.5 Å². The van der Waals surface area contributed by atoms with Crippen molar-refractivity contribution < 1.29 is 13.9 Å². The van der Waals surface area contributed by atoms with Crippen LogP contribution in [0.2, 0.25) is 0 Å². The van der Waals surface area contributed by atoms with E-state index in [-0.39, 0.29) is 12.5 Å². The van der Waals surface area contributed by atoms with Crippen molar-refractivity contribution in [3.8, 4) is 0 Å². The fraction of sp³-hybridized carbons (Fsp3) is 0.571. The number of likely N-dealkylation sites (N-methyl/N-ethyl adjacent to an activating group) is 1. The lowest BCUT2D eigenvalue weighted by Gasteiger charge is -2.29. The van der Waals surface area contributed by atoms with Gasteiger partial charge >= 0.3 is 0 Å². The highest BCUT2D eigenvalue weighted by atomic mass is 19.1. The fourth-order valence-electron chi connectivity index (χ4n) is 2.77. The summed E-state index contributed by atoms with van der Waals surface area (Å²) in [5, 5.41) is 10.2. The van der Waals surface area contributed by atoms with Gasteiger partial charge in [0, 0.05) is 18.2 Å². The summed E-state index contributed by atoms with van der Waals surface area (Å²) in [6, 6.07) is 2.86. The minimum absolute atomic E-state index is 0.0356. The number of aliphatic hydroxyl groups is 1. The molecule has 0 aliphatic carbocycles. The van der Waals surface area contributed by atoms with Crippen LogP contribution < -0.4 is 5.73 Å². The number of rotatable bonds is 4. The predicted octanol–water partition coefficient (Wildman–Crippen LogP) is 1.29. The van der Waals surface area contributed by atoms with Crippen LogP contribution in [-0.4, -0.2) is 41.8 Å². The molecule has 1 aromatic rings. The maximum atomic E-state index is 13.1. The van der Waals surface area contributed by atoms with Gasteiger partial charge in [0.25, 0.3) is 0 Å². The molecule has 0 saturated carbocycles. The lowest BCUT2D eigenvalue weighted by Crippen LogP contribution is -2.48. The highest BCUT2D eigenvalue weighted by Crippen LogP contribution is 2.21. The van der Waals surface area contributed by atoms with Crippen molar-refractivity contribution in [2.24, 2.45) is 5.73 Å². The number of halogens is 2. The van der Waals surface area contributed by atoms with Gasteiger partial charge in [-0.05, 0) is 50.6 Å². The Morgan fingerprint density at radius 1 is 1.37 bits per heavy atom. The summed E-state index contributed by atoms with van der Waals surface area (Å²) >= 11 is 0. The van der Waals surface area contributed by atoms with E-state index in [0.29, 0.717) is 5.56 Å². The summed E-state index contributed by atoms with van der Waals surface area (Å²) < 4.78 is 26.2. The van der Waals surface area contributed by atoms with Gasteiger partial charge in [0.15, 0.2) is 0 Å². The maximum Gasteiger partial charge on any atom is 0.126 e. The second kappa shape index (κ2) is 5.94. The molecule has 3 nitrogen and oxygen atoms in total. The van der Waals surface area contributed by atoms with E-state index < -0.39 is 23.8 Å². The number of likely N-dealkylation sites (tertiary alicyclic amines) is 1. The largest absolute Gasteiger partial charge is 0.390 e. The molecule has 0 radical (unpaired) electrons. The third kappa shape index (κ3) is 3.49. The zero-order valence-electron chi connectivity index (χ0n) is 11.0. The van der Waals surface area contributed by atoms with Gasteiger partial charge in [-0.2, -0.15) is 0 Å². The van der Waals surface area contributed by atoms with E-state index in [1.54, 1.807) is 0 Å². The summed E-state index contributed by atoms with van der Waals surface area (Å²) in [4.78, 5) is 2.08. The standard InChI is InChI=1S/C14H20F2N2O/c1-18-4-2-3-13(18)14(19)12(17)7-9-5-10(15)8-11(16)6-9/h5-6,8,12-14,19H,2-4,7,17H2,1H3/t12-,13+,14-/m0/s1. The minimum atomic E-state index is -0.682. The average molecular weight is 270 g/mol. The summed E-state index contributed by atoms with van der Waals surface area (Å²) in [6.07, 6.45) is 1.53. The number of hydrogen-bond acceptors (Lipinski definition) is 3. The monoisotopic (exact) mass is 270 g/mol. The summed E-state index contributed by atoms with van der Waals surface area (Å²) in [6.45, 7) is 0.947. The second-order valence-corrected chi connectivity index (χ2v) is 5.33. The van der Waals surface area contributed by atoms with Gasteiger partial charge in [0.2, 0.25) is 0 Å². The molecule has 2 rings (SSSR count). The van der Waals surface area contributed by atoms with E-state index in [1.165, 1.54) is 12.1 Å². The highest BCUT2D eigenvalue weighted by molar-refractivity contribution is 5.19. The van der Waals surface area contributed by atoms with E-state index in [9.17, 15) is 13.9 Å². The van der Waals surface area contributed by atoms with Crippen LogP contribution in [0.4, 0.5) is 8.78 Å². The maximum absolute atomic E-state index is 13.1. The molecular weight excluding hydrogens is 250 g/mol. The first-order valence-corrected chi connectivity index (χ1v) is 6.56. The number of aliphatic hydroxyl groups excluding tert-OH is 1. The molecular formula is C14H20F2N2O. The van der Waals surface area contributed by atoms with Gasteiger partial charge in [-0.1, -0.05) is 0 Å². The van der Waals surface area contributed by atoms with Gasteiger partial charge in [0.1, 0.15) is 11.6 Å². The molecule has 1 saturated heterocycles. The smallest absolute Gasteiger partial charge is 0.126 e. The zero-order valence-corrected chi connectivity index (χ0v) is 11.0. The molecule has 0 aromatic heterocycles. The van der Waals surface area contributed by atoms with Gasteiger partial charge in [-0.15, -0.1) is 0 Å². The minimum Gasteiger partial charge on any atom is -0.390 e. The lowest BCUT2D eigenvalue weighted by atomic mass is 9.96. The second-order valence-electron chi connectivity index (χ2n) is 5.33. The SMILES string of the molecule is CN1CCC[C@@H]1[C@@H](O)[C@@H](N)Cc1cc(F)cc(F)c1. The molecule has 0 spiro atoms. The molecule has 1 aliphatic rings. The number of benzene rings is 1. The highest BCUT2D eigenvalue weighted by Gasteiger charge is 2.31. The Hall–Kier alpha value is -1.04. The number of nitrogens with zero attached hydrogens (tertiary/aromatic N) is 1. The van der Waals surface area contributed by atoms with Crippen molar-refractivity contribution in [1.82, 2.24) is 4.90 Å². The molecule has 0 unspecified atom stereocenters. The molecule has 0 amide bonds. The molecule has 1 heterocycles. The van der Waals surface area contributed by atoms with Crippen molar-refractivity contribution in [3.63, 3.8) is 0 Å². The van der Waals surface area contributed by atoms with Crippen molar-refractivity contribution in [1.29, 1.82) is 0 Å². The van der Waals surface area contributed by atoms with Crippen LogP contribution in [-0.2, 0) is 6.42 Å². The van der Waals surface area contributed by atoms with E-state index in [2.05, 4.69) is 4.90 Å². The van der Waals surface area contributed by atoms with Crippen LogP contribution in [0.15, 0.2) is 18.2 Å². The van der Waals surface area contributed by atoms with Crippen LogP contribution in [0.25, 0.3) is 0 Å². The molecule has 1 fully saturated rings. The van der Waals surface area contributed by atoms with Crippen LogP contribution >= 0.6 is 0 Å². The Balaban J connectivity index is 2.01. The van der Waals surface area contributed by atoms with Gasteiger partial charge < -0.3 is 15.7 Å². The number of hydrogen-bond donors (Lipinski definition) is 2. The van der Waals surface area contributed by atoms with Crippen molar-refractivity contribution in [3.05, 3.63) is 35.4 Å². The molecule has 5 heteroatoms. The Morgan fingerprint density at radius 3 is 2.53 bits per heavy atom. The van der Waals surface area contributed by atoms with Crippen LogP contribution in [0.1, 0.15) is 18.4 Å². The molecule has 19 heavy (non-hydrogen) atoms. The number of nitrogens with two attached hydrogens (primary N) is 1. The molecule has 1 aliphatic heterocycles. The first-order chi connectivity index (χ1) is 8.97. The first kappa shape index (κ1) is 14.4. The van der Waals surface area contributed by atoms with Gasteiger partial charge in [-0.25, -0.2) is 8.78 Å². The van der Waals surface area contributed by atoms with Gasteiger partial charge in [-0.3, -0.25) is 0 Å². The quantitative estimate of drug-likeness (QED) is 0.867.